The van der Waals surface area contributed by atoms with Gasteiger partial charge >= 0.3 is 5.97 Å². The molecule has 0 saturated heterocycles. The maximum atomic E-state index is 13.9. The van der Waals surface area contributed by atoms with Gasteiger partial charge in [0, 0.05) is 11.6 Å². The molecule has 0 unspecified atom stereocenters. The second-order valence-corrected chi connectivity index (χ2v) is 9.21. The highest BCUT2D eigenvalue weighted by molar-refractivity contribution is 7.91. The Kier molecular flexibility index (Phi) is 6.13. The highest BCUT2D eigenvalue weighted by atomic mass is 32.2. The molecule has 1 saturated carbocycles. The molecule has 0 bridgehead atoms. The number of carbonyl (C=O) groups excluding carboxylic acids is 1. The van der Waals surface area contributed by atoms with Crippen molar-refractivity contribution < 1.29 is 26.7 Å². The van der Waals surface area contributed by atoms with Crippen molar-refractivity contribution in [2.45, 2.75) is 30.6 Å². The molecule has 0 spiro atoms. The van der Waals surface area contributed by atoms with Gasteiger partial charge < -0.3 is 4.74 Å². The smallest absolute Gasteiger partial charge is 0.308 e. The zero-order valence-electron chi connectivity index (χ0n) is 15.5. The van der Waals surface area contributed by atoms with Crippen LogP contribution in [0.1, 0.15) is 25.7 Å². The van der Waals surface area contributed by atoms with Gasteiger partial charge in [-0.25, -0.2) is 17.2 Å². The Hall–Kier alpha value is -2.28. The first-order chi connectivity index (χ1) is 13.3. The Morgan fingerprint density at radius 1 is 1.04 bits per heavy atom. The second kappa shape index (κ2) is 8.39. The summed E-state index contributed by atoms with van der Waals surface area (Å²) in [4.78, 5) is 11.8. The SMILES string of the molecule is COC(=O)C1CCC(CS(=O)(=O)c2ccc(-c3ccc(F)cc3F)cc2)CC1. The minimum atomic E-state index is -3.49. The van der Waals surface area contributed by atoms with Gasteiger partial charge in [-0.1, -0.05) is 12.1 Å². The van der Waals surface area contributed by atoms with Gasteiger partial charge in [0.05, 0.1) is 23.7 Å². The van der Waals surface area contributed by atoms with Gasteiger partial charge in [0.25, 0.3) is 0 Å². The van der Waals surface area contributed by atoms with Crippen LogP contribution in [0.15, 0.2) is 47.4 Å². The summed E-state index contributed by atoms with van der Waals surface area (Å²) < 4.78 is 57.1. The normalized spacial score (nSPS) is 20.0. The molecule has 2 aromatic rings. The van der Waals surface area contributed by atoms with Gasteiger partial charge in [-0.05, 0) is 61.4 Å². The summed E-state index contributed by atoms with van der Waals surface area (Å²) in [5, 5.41) is 0. The van der Waals surface area contributed by atoms with Crippen LogP contribution in [0.25, 0.3) is 11.1 Å². The van der Waals surface area contributed by atoms with Crippen molar-refractivity contribution in [3.63, 3.8) is 0 Å². The summed E-state index contributed by atoms with van der Waals surface area (Å²) in [5.41, 5.74) is 0.696. The predicted molar refractivity (Wildman–Crippen MR) is 101 cm³/mol. The van der Waals surface area contributed by atoms with E-state index in [1.807, 2.05) is 0 Å². The molecule has 4 nitrogen and oxygen atoms in total. The van der Waals surface area contributed by atoms with E-state index in [0.717, 1.165) is 12.1 Å². The van der Waals surface area contributed by atoms with Gasteiger partial charge in [0.2, 0.25) is 0 Å². The first-order valence-corrected chi connectivity index (χ1v) is 10.8. The fourth-order valence-corrected chi connectivity index (χ4v) is 5.40. The monoisotopic (exact) mass is 408 g/mol. The van der Waals surface area contributed by atoms with E-state index in [0.29, 0.717) is 31.2 Å². The van der Waals surface area contributed by atoms with Crippen LogP contribution < -0.4 is 0 Å². The standard InChI is InChI=1S/C21H22F2O4S/c1-27-21(24)16-4-2-14(3-5-16)13-28(25,26)18-9-6-15(7-10-18)19-11-8-17(22)12-20(19)23/h6-12,14,16H,2-5,13H2,1H3. The topological polar surface area (TPSA) is 60.4 Å². The number of carbonyl (C=O) groups is 1. The molecule has 0 aliphatic heterocycles. The number of ether oxygens (including phenoxy) is 1. The van der Waals surface area contributed by atoms with E-state index in [1.165, 1.54) is 37.4 Å². The molecular formula is C21H22F2O4S. The van der Waals surface area contributed by atoms with Gasteiger partial charge in [0.15, 0.2) is 9.84 Å². The average molecular weight is 408 g/mol. The number of esters is 1. The molecule has 1 aliphatic carbocycles. The molecule has 1 fully saturated rings. The molecule has 0 aromatic heterocycles. The van der Waals surface area contributed by atoms with Crippen molar-refractivity contribution in [2.75, 3.05) is 12.9 Å². The lowest BCUT2D eigenvalue weighted by Crippen LogP contribution is -2.26. The highest BCUT2D eigenvalue weighted by Crippen LogP contribution is 2.32. The fraction of sp³-hybridized carbons (Fsp3) is 0.381. The van der Waals surface area contributed by atoms with Gasteiger partial charge in [-0.2, -0.15) is 0 Å². The molecule has 150 valence electrons. The molecular weight excluding hydrogens is 386 g/mol. The van der Waals surface area contributed by atoms with Crippen LogP contribution in [0.4, 0.5) is 8.78 Å². The molecule has 1 aliphatic rings. The van der Waals surface area contributed by atoms with Gasteiger partial charge in [-0.3, -0.25) is 4.79 Å². The third kappa shape index (κ3) is 4.58. The summed E-state index contributed by atoms with van der Waals surface area (Å²) in [6, 6.07) is 9.24. The van der Waals surface area contributed by atoms with Crippen LogP contribution in [0.3, 0.4) is 0 Å². The Morgan fingerprint density at radius 3 is 2.25 bits per heavy atom. The number of hydrogen-bond acceptors (Lipinski definition) is 4. The molecule has 0 heterocycles. The summed E-state index contributed by atoms with van der Waals surface area (Å²) >= 11 is 0. The predicted octanol–water partition coefficient (Wildman–Crippen LogP) is 4.38. The van der Waals surface area contributed by atoms with Gasteiger partial charge in [0.1, 0.15) is 11.6 Å². The third-order valence-electron chi connectivity index (χ3n) is 5.29. The lowest BCUT2D eigenvalue weighted by molar-refractivity contribution is -0.146. The van der Waals surface area contributed by atoms with Crippen molar-refractivity contribution in [3.05, 3.63) is 54.1 Å². The lowest BCUT2D eigenvalue weighted by atomic mass is 9.83. The van der Waals surface area contributed by atoms with Crippen molar-refractivity contribution in [2.24, 2.45) is 11.8 Å². The molecule has 2 aromatic carbocycles. The molecule has 28 heavy (non-hydrogen) atoms. The molecule has 0 radical (unpaired) electrons. The van der Waals surface area contributed by atoms with E-state index >= 15 is 0 Å². The largest absolute Gasteiger partial charge is 0.469 e. The summed E-state index contributed by atoms with van der Waals surface area (Å²) in [6.07, 6.45) is 2.60. The van der Waals surface area contributed by atoms with E-state index in [4.69, 9.17) is 4.74 Å². The number of halogens is 2. The minimum absolute atomic E-state index is 0.000116. The zero-order valence-corrected chi connectivity index (χ0v) is 16.3. The molecule has 0 N–H and O–H groups in total. The Labute approximate surface area is 163 Å². The quantitative estimate of drug-likeness (QED) is 0.689. The second-order valence-electron chi connectivity index (χ2n) is 7.17. The van der Waals surface area contributed by atoms with Crippen molar-refractivity contribution in [3.8, 4) is 11.1 Å². The lowest BCUT2D eigenvalue weighted by Gasteiger charge is -2.26. The Bertz CT molecular complexity index is 947. The molecule has 7 heteroatoms. The maximum absolute atomic E-state index is 13.9. The number of sulfone groups is 1. The number of rotatable bonds is 5. The fourth-order valence-electron chi connectivity index (χ4n) is 3.70. The van der Waals surface area contributed by atoms with E-state index in [-0.39, 0.29) is 34.0 Å². The van der Waals surface area contributed by atoms with E-state index in [1.54, 1.807) is 0 Å². The maximum Gasteiger partial charge on any atom is 0.308 e. The summed E-state index contributed by atoms with van der Waals surface area (Å²) in [6.45, 7) is 0. The van der Waals surface area contributed by atoms with Crippen LogP contribution >= 0.6 is 0 Å². The Balaban J connectivity index is 1.68. The van der Waals surface area contributed by atoms with Crippen molar-refractivity contribution >= 4 is 15.8 Å². The Morgan fingerprint density at radius 2 is 1.68 bits per heavy atom. The van der Waals surface area contributed by atoms with E-state index in [9.17, 15) is 22.0 Å². The molecule has 3 rings (SSSR count). The zero-order chi connectivity index (χ0) is 20.3. The first kappa shape index (κ1) is 20.5. The van der Waals surface area contributed by atoms with Crippen molar-refractivity contribution in [1.82, 2.24) is 0 Å². The van der Waals surface area contributed by atoms with Crippen molar-refractivity contribution in [1.29, 1.82) is 0 Å². The van der Waals surface area contributed by atoms with E-state index < -0.39 is 21.5 Å². The number of methoxy groups -OCH3 is 1. The van der Waals surface area contributed by atoms with Crippen LogP contribution in [0, 0.1) is 23.5 Å². The summed E-state index contributed by atoms with van der Waals surface area (Å²) in [5.74, 6) is -1.72. The van der Waals surface area contributed by atoms with Crippen LogP contribution in [0.5, 0.6) is 0 Å². The molecule has 0 amide bonds. The third-order valence-corrected chi connectivity index (χ3v) is 7.19. The van der Waals surface area contributed by atoms with Crippen LogP contribution in [-0.2, 0) is 19.4 Å². The number of hydrogen-bond donors (Lipinski definition) is 0. The van der Waals surface area contributed by atoms with E-state index in [2.05, 4.69) is 0 Å². The number of benzene rings is 2. The van der Waals surface area contributed by atoms with Crippen LogP contribution in [0.2, 0.25) is 0 Å². The van der Waals surface area contributed by atoms with Gasteiger partial charge in [-0.15, -0.1) is 0 Å². The highest BCUT2D eigenvalue weighted by Gasteiger charge is 2.30. The summed E-state index contributed by atoms with van der Waals surface area (Å²) in [7, 11) is -2.13. The minimum Gasteiger partial charge on any atom is -0.469 e. The van der Waals surface area contributed by atoms with Crippen LogP contribution in [-0.4, -0.2) is 27.2 Å². The average Bonchev–Trinajstić information content (AvgIpc) is 2.68. The molecule has 0 atom stereocenters. The first-order valence-electron chi connectivity index (χ1n) is 9.16.